The van der Waals surface area contributed by atoms with E-state index in [2.05, 4.69) is 20.8 Å². The monoisotopic (exact) mass is 387 g/mol. The Kier molecular flexibility index (Phi) is 5.77. The van der Waals surface area contributed by atoms with E-state index in [-0.39, 0.29) is 0 Å². The molecule has 4 rings (SSSR count). The summed E-state index contributed by atoms with van der Waals surface area (Å²) < 4.78 is 8.32. The van der Waals surface area contributed by atoms with Gasteiger partial charge in [-0.3, -0.25) is 14.5 Å². The van der Waals surface area contributed by atoms with E-state index in [1.54, 1.807) is 6.20 Å². The first-order valence-electron chi connectivity index (χ1n) is 10.0. The van der Waals surface area contributed by atoms with Crippen LogP contribution >= 0.6 is 11.6 Å². The van der Waals surface area contributed by atoms with Crippen molar-refractivity contribution in [2.45, 2.75) is 63.3 Å². The zero-order valence-corrected chi connectivity index (χ0v) is 16.3. The number of pyridine rings is 1. The molecule has 2 saturated carbocycles. The lowest BCUT2D eigenvalue weighted by Gasteiger charge is -2.32. The molecule has 2 fully saturated rings. The first kappa shape index (κ1) is 18.5. The van der Waals surface area contributed by atoms with E-state index in [0.717, 1.165) is 12.7 Å². The zero-order chi connectivity index (χ0) is 18.6. The Morgan fingerprint density at radius 1 is 1.15 bits per heavy atom. The predicted octanol–water partition coefficient (Wildman–Crippen LogP) is 5.21. The van der Waals surface area contributed by atoms with Gasteiger partial charge >= 0.3 is 0 Å². The Morgan fingerprint density at radius 2 is 1.93 bits per heavy atom. The van der Waals surface area contributed by atoms with Crippen LogP contribution in [-0.4, -0.2) is 27.7 Å². The van der Waals surface area contributed by atoms with Crippen molar-refractivity contribution in [2.75, 3.05) is 6.61 Å². The summed E-state index contributed by atoms with van der Waals surface area (Å²) in [6, 6.07) is 2.75. The third-order valence-electron chi connectivity index (χ3n) is 6.13. The lowest BCUT2D eigenvalue weighted by molar-refractivity contribution is 0.111. The molecule has 0 amide bonds. The summed E-state index contributed by atoms with van der Waals surface area (Å²) in [6.07, 6.45) is 15.6. The molecular weight excluding hydrogens is 362 g/mol. The molecule has 2 atom stereocenters. The summed E-state index contributed by atoms with van der Waals surface area (Å²) in [7, 11) is 0. The quantitative estimate of drug-likeness (QED) is 0.638. The van der Waals surface area contributed by atoms with E-state index in [9.17, 15) is 4.79 Å². The van der Waals surface area contributed by atoms with Crippen molar-refractivity contribution < 1.29 is 9.53 Å². The van der Waals surface area contributed by atoms with E-state index in [0.29, 0.717) is 40.8 Å². The molecule has 0 spiro atoms. The van der Waals surface area contributed by atoms with Gasteiger partial charge in [-0.05, 0) is 31.7 Å². The fraction of sp³-hybridized carbons (Fsp3) is 0.571. The molecule has 0 aliphatic heterocycles. The van der Waals surface area contributed by atoms with Gasteiger partial charge in [-0.15, -0.1) is 0 Å². The van der Waals surface area contributed by atoms with Crippen molar-refractivity contribution in [1.82, 2.24) is 14.8 Å². The van der Waals surface area contributed by atoms with Gasteiger partial charge in [0.25, 0.3) is 0 Å². The zero-order valence-electron chi connectivity index (χ0n) is 15.5. The van der Waals surface area contributed by atoms with E-state index in [1.165, 1.54) is 56.8 Å². The van der Waals surface area contributed by atoms with Gasteiger partial charge in [0.1, 0.15) is 5.75 Å². The molecule has 2 aliphatic carbocycles. The second-order valence-corrected chi connectivity index (χ2v) is 8.16. The molecule has 0 N–H and O–H groups in total. The number of nitrogens with zero attached hydrogens (tertiary/aromatic N) is 3. The van der Waals surface area contributed by atoms with Crippen LogP contribution in [0.1, 0.15) is 79.4 Å². The predicted molar refractivity (Wildman–Crippen MR) is 105 cm³/mol. The second-order valence-electron chi connectivity index (χ2n) is 7.75. The van der Waals surface area contributed by atoms with Crippen LogP contribution in [0.15, 0.2) is 24.7 Å². The Bertz CT molecular complexity index is 785. The van der Waals surface area contributed by atoms with Gasteiger partial charge < -0.3 is 4.74 Å². The molecule has 0 saturated heterocycles. The van der Waals surface area contributed by atoms with Crippen LogP contribution < -0.4 is 4.74 Å². The smallest absolute Gasteiger partial charge is 0.155 e. The van der Waals surface area contributed by atoms with Crippen molar-refractivity contribution in [1.29, 1.82) is 0 Å². The van der Waals surface area contributed by atoms with Crippen LogP contribution in [0.5, 0.6) is 5.75 Å². The van der Waals surface area contributed by atoms with E-state index >= 15 is 0 Å². The van der Waals surface area contributed by atoms with Crippen molar-refractivity contribution in [3.63, 3.8) is 0 Å². The van der Waals surface area contributed by atoms with Crippen molar-refractivity contribution >= 4 is 17.9 Å². The van der Waals surface area contributed by atoms with Crippen molar-refractivity contribution in [3.05, 3.63) is 40.9 Å². The number of hydrogen-bond donors (Lipinski definition) is 0. The van der Waals surface area contributed by atoms with Crippen LogP contribution in [0.3, 0.4) is 0 Å². The molecule has 0 bridgehead atoms. The molecule has 2 aromatic heterocycles. The first-order chi connectivity index (χ1) is 13.3. The number of carbonyl (C=O) groups is 1. The highest BCUT2D eigenvalue weighted by atomic mass is 35.5. The third-order valence-corrected chi connectivity index (χ3v) is 6.43. The number of aldehydes is 1. The maximum atomic E-state index is 11.3. The summed E-state index contributed by atoms with van der Waals surface area (Å²) in [5.74, 6) is 1.34. The normalized spacial score (nSPS) is 23.4. The molecule has 27 heavy (non-hydrogen) atoms. The molecular formula is C21H26ClN3O2. The summed E-state index contributed by atoms with van der Waals surface area (Å²) in [5, 5.41) is 5.00. The van der Waals surface area contributed by atoms with Gasteiger partial charge in [-0.1, -0.05) is 37.3 Å². The molecule has 2 aliphatic rings. The molecule has 5 nitrogen and oxygen atoms in total. The van der Waals surface area contributed by atoms with Crippen LogP contribution in [0.25, 0.3) is 0 Å². The van der Waals surface area contributed by atoms with Crippen molar-refractivity contribution in [2.24, 2.45) is 5.92 Å². The molecule has 0 aromatic carbocycles. The Morgan fingerprint density at radius 3 is 2.74 bits per heavy atom. The number of carbonyl (C=O) groups excluding carboxylic acids is 1. The Labute approximate surface area is 165 Å². The minimum Gasteiger partial charge on any atom is -0.491 e. The lowest BCUT2D eigenvalue weighted by Crippen LogP contribution is -2.27. The minimum absolute atomic E-state index is 0.335. The fourth-order valence-corrected chi connectivity index (χ4v) is 4.92. The highest BCUT2D eigenvalue weighted by molar-refractivity contribution is 6.33. The number of aromatic nitrogens is 3. The maximum absolute atomic E-state index is 11.3. The lowest BCUT2D eigenvalue weighted by atomic mass is 9.77. The number of halogens is 1. The average molecular weight is 388 g/mol. The average Bonchev–Trinajstić information content (AvgIpc) is 3.38. The third kappa shape index (κ3) is 3.88. The van der Waals surface area contributed by atoms with Gasteiger partial charge in [0.15, 0.2) is 6.29 Å². The van der Waals surface area contributed by atoms with Crippen LogP contribution in [0.2, 0.25) is 5.02 Å². The molecule has 144 valence electrons. The van der Waals surface area contributed by atoms with Gasteiger partial charge in [0.2, 0.25) is 0 Å². The van der Waals surface area contributed by atoms with Gasteiger partial charge in [0, 0.05) is 29.9 Å². The number of rotatable bonds is 6. The summed E-state index contributed by atoms with van der Waals surface area (Å²) >= 11 is 6.07. The van der Waals surface area contributed by atoms with Crippen molar-refractivity contribution in [3.8, 4) is 5.75 Å². The number of ether oxygens (including phenoxy) is 1. The topological polar surface area (TPSA) is 57.0 Å². The van der Waals surface area contributed by atoms with E-state index in [1.807, 2.05) is 6.20 Å². The van der Waals surface area contributed by atoms with Gasteiger partial charge in [-0.2, -0.15) is 5.10 Å². The Balaban J connectivity index is 1.51. The highest BCUT2D eigenvalue weighted by Gasteiger charge is 2.31. The standard InChI is InChI=1S/C21H26ClN3O2/c22-19-11-23-12-21(18(19)13-26)27-14-15-5-1-4-8-17(15)20-9-10-24-25(20)16-6-2-3-7-16/h9-13,15-17H,1-8,14H2. The first-order valence-corrected chi connectivity index (χ1v) is 10.4. The molecule has 2 unspecified atom stereocenters. The summed E-state index contributed by atoms with van der Waals surface area (Å²) in [5.41, 5.74) is 1.74. The van der Waals surface area contributed by atoms with Crippen LogP contribution in [0.4, 0.5) is 0 Å². The van der Waals surface area contributed by atoms with Gasteiger partial charge in [-0.25, -0.2) is 0 Å². The second kappa shape index (κ2) is 8.42. The molecule has 2 heterocycles. The maximum Gasteiger partial charge on any atom is 0.155 e. The van der Waals surface area contributed by atoms with E-state index < -0.39 is 0 Å². The number of hydrogen-bond acceptors (Lipinski definition) is 4. The van der Waals surface area contributed by atoms with Crippen LogP contribution in [0, 0.1) is 5.92 Å². The Hall–Kier alpha value is -1.88. The molecule has 0 radical (unpaired) electrons. The largest absolute Gasteiger partial charge is 0.491 e. The van der Waals surface area contributed by atoms with Gasteiger partial charge in [0.05, 0.1) is 29.4 Å². The minimum atomic E-state index is 0.335. The fourth-order valence-electron chi connectivity index (χ4n) is 4.72. The van der Waals surface area contributed by atoms with Crippen LogP contribution in [-0.2, 0) is 0 Å². The SMILES string of the molecule is O=Cc1c(Cl)cncc1OCC1CCCCC1c1ccnn1C1CCCC1. The highest BCUT2D eigenvalue weighted by Crippen LogP contribution is 2.40. The molecule has 2 aromatic rings. The molecule has 6 heteroatoms. The van der Waals surface area contributed by atoms with E-state index in [4.69, 9.17) is 16.3 Å². The summed E-state index contributed by atoms with van der Waals surface area (Å²) in [4.78, 5) is 15.4. The summed E-state index contributed by atoms with van der Waals surface area (Å²) in [6.45, 7) is 0.573.